The van der Waals surface area contributed by atoms with Crippen molar-refractivity contribution in [2.45, 2.75) is 67.8 Å². The third kappa shape index (κ3) is 3.98. The summed E-state index contributed by atoms with van der Waals surface area (Å²) in [6.45, 7) is 4.19. The van der Waals surface area contributed by atoms with Gasteiger partial charge in [0.05, 0.1) is 26.9 Å². The lowest BCUT2D eigenvalue weighted by Crippen LogP contribution is -2.80. The van der Waals surface area contributed by atoms with Crippen LogP contribution in [-0.2, 0) is 28.5 Å². The first-order valence-electron chi connectivity index (χ1n) is 14.2. The van der Waals surface area contributed by atoms with Gasteiger partial charge in [-0.15, -0.1) is 0 Å². The average molecular weight is 628 g/mol. The first-order chi connectivity index (χ1) is 19.9. The molecule has 2 heterocycles. The first-order valence-corrected chi connectivity index (χ1v) is 15.0. The second kappa shape index (κ2) is 10.5. The van der Waals surface area contributed by atoms with Gasteiger partial charge in [-0.2, -0.15) is 0 Å². The van der Waals surface area contributed by atoms with E-state index in [2.05, 4.69) is 26.0 Å². The van der Waals surface area contributed by atoms with Crippen LogP contribution in [-0.4, -0.2) is 84.1 Å². The van der Waals surface area contributed by atoms with Crippen molar-refractivity contribution >= 4 is 35.1 Å². The molecule has 0 radical (unpaired) electrons. The summed E-state index contributed by atoms with van der Waals surface area (Å²) in [5, 5.41) is 24.1. The fourth-order valence-electron chi connectivity index (χ4n) is 9.13. The molecule has 5 aliphatic rings. The van der Waals surface area contributed by atoms with Crippen LogP contribution < -0.4 is 9.47 Å². The molecule has 1 aromatic rings. The molecular formula is C30H36Cl2O10. The van der Waals surface area contributed by atoms with Crippen molar-refractivity contribution in [3.8, 4) is 11.5 Å². The Kier molecular flexibility index (Phi) is 7.51. The standard InChI is InChI=1S/C30H36Cl2O10/c1-14-6-5-11-28(2)17(14)12-18-29-13-39-30(27(36)38-4,23(34)20(22(28)29)42-25(35)24(31)32)21(29)19(33)26(41-18)40-16-9-7-15(37-3)8-10-16/h5-10,14,17-24,26,33-34H,11-13H2,1-4H3/t14-,17+,18-,19-,20-,21-,22-,23+,26-,28+,29+,30+/m1/s1. The molecule has 0 aromatic heterocycles. The smallest absolute Gasteiger partial charge is 0.341 e. The van der Waals surface area contributed by atoms with E-state index in [0.717, 1.165) is 0 Å². The lowest BCUT2D eigenvalue weighted by atomic mass is 9.38. The summed E-state index contributed by atoms with van der Waals surface area (Å²) in [5.41, 5.74) is -3.67. The lowest BCUT2D eigenvalue weighted by molar-refractivity contribution is -0.346. The fourth-order valence-corrected chi connectivity index (χ4v) is 9.23. The molecule has 10 nitrogen and oxygen atoms in total. The largest absolute Gasteiger partial charge is 0.497 e. The zero-order valence-electron chi connectivity index (χ0n) is 23.8. The first kappa shape index (κ1) is 30.0. The Balaban J connectivity index is 1.51. The van der Waals surface area contributed by atoms with E-state index in [1.807, 2.05) is 0 Å². The van der Waals surface area contributed by atoms with Gasteiger partial charge >= 0.3 is 11.9 Å². The van der Waals surface area contributed by atoms with E-state index < -0.39 is 75.7 Å². The number of rotatable bonds is 6. The zero-order chi connectivity index (χ0) is 30.2. The number of allylic oxidation sites excluding steroid dienone is 2. The van der Waals surface area contributed by atoms with Gasteiger partial charge in [0.15, 0.2) is 0 Å². The molecule has 4 fully saturated rings. The summed E-state index contributed by atoms with van der Waals surface area (Å²) in [6, 6.07) is 6.82. The summed E-state index contributed by atoms with van der Waals surface area (Å²) in [6.07, 6.45) is -0.743. The molecule has 6 rings (SSSR count). The number of hydrogen-bond acceptors (Lipinski definition) is 10. The van der Waals surface area contributed by atoms with Crippen molar-refractivity contribution in [2.24, 2.45) is 34.5 Å². The summed E-state index contributed by atoms with van der Waals surface area (Å²) in [5.74, 6) is -2.24. The fraction of sp³-hybridized carbons (Fsp3) is 0.667. The molecule has 2 aliphatic heterocycles. The van der Waals surface area contributed by atoms with E-state index in [0.29, 0.717) is 24.3 Å². The molecular weight excluding hydrogens is 591 g/mol. The highest BCUT2D eigenvalue weighted by molar-refractivity contribution is 6.52. The normalized spacial score (nSPS) is 45.0. The number of carbonyl (C=O) groups excluding carboxylic acids is 2. The van der Waals surface area contributed by atoms with E-state index >= 15 is 0 Å². The molecule has 0 unspecified atom stereocenters. The number of fused-ring (bicyclic) bond motifs is 2. The molecule has 2 bridgehead atoms. The third-order valence-corrected chi connectivity index (χ3v) is 11.0. The molecule has 3 aliphatic carbocycles. The van der Waals surface area contributed by atoms with Crippen molar-refractivity contribution in [2.75, 3.05) is 20.8 Å². The zero-order valence-corrected chi connectivity index (χ0v) is 25.3. The van der Waals surface area contributed by atoms with Gasteiger partial charge in [0.2, 0.25) is 16.7 Å². The van der Waals surface area contributed by atoms with Crippen LogP contribution in [0.4, 0.5) is 0 Å². The monoisotopic (exact) mass is 626 g/mol. The number of benzene rings is 1. The Morgan fingerprint density at radius 2 is 1.79 bits per heavy atom. The number of aliphatic hydroxyl groups excluding tert-OH is 2. The number of hydrogen-bond donors (Lipinski definition) is 2. The van der Waals surface area contributed by atoms with Gasteiger partial charge < -0.3 is 38.6 Å². The molecule has 1 spiro atoms. The summed E-state index contributed by atoms with van der Waals surface area (Å²) < 4.78 is 35.4. The minimum atomic E-state index is -2.08. The SMILES string of the molecule is COC(=O)[C@@]12OC[C@]34[C@H]([C@@H](OC(=O)C(Cl)Cl)[C@@H]1O)[C@@]1(C)CC=C[C@@H](C)[C@@H]1C[C@H]3O[C@@H](Oc1ccc(OC)cc1)[C@H](O)[C@@H]24. The van der Waals surface area contributed by atoms with Crippen molar-refractivity contribution < 1.29 is 48.2 Å². The van der Waals surface area contributed by atoms with E-state index in [9.17, 15) is 19.8 Å². The van der Waals surface area contributed by atoms with Crippen LogP contribution in [0.5, 0.6) is 11.5 Å². The van der Waals surface area contributed by atoms with E-state index in [-0.39, 0.29) is 18.4 Å². The number of alkyl halides is 2. The second-order valence-corrected chi connectivity index (χ2v) is 13.5. The van der Waals surface area contributed by atoms with Crippen LogP contribution >= 0.6 is 23.2 Å². The maximum Gasteiger partial charge on any atom is 0.341 e. The minimum absolute atomic E-state index is 0.0366. The summed E-state index contributed by atoms with van der Waals surface area (Å²) in [7, 11) is 2.73. The highest BCUT2D eigenvalue weighted by Gasteiger charge is 2.84. The lowest BCUT2D eigenvalue weighted by Gasteiger charge is -2.69. The number of ether oxygens (including phenoxy) is 6. The van der Waals surface area contributed by atoms with Gasteiger partial charge in [-0.25, -0.2) is 9.59 Å². The van der Waals surface area contributed by atoms with Crippen molar-refractivity contribution in [1.82, 2.24) is 0 Å². The molecule has 2 saturated heterocycles. The van der Waals surface area contributed by atoms with Crippen LogP contribution in [0.1, 0.15) is 26.7 Å². The van der Waals surface area contributed by atoms with Crippen LogP contribution in [0.2, 0.25) is 0 Å². The third-order valence-electron chi connectivity index (χ3n) is 10.7. The van der Waals surface area contributed by atoms with Crippen molar-refractivity contribution in [3.05, 3.63) is 36.4 Å². The number of halogens is 2. The van der Waals surface area contributed by atoms with Crippen LogP contribution in [0, 0.1) is 34.5 Å². The summed E-state index contributed by atoms with van der Waals surface area (Å²) in [4.78, 5) is 25.0. The van der Waals surface area contributed by atoms with E-state index in [1.165, 1.54) is 7.11 Å². The van der Waals surface area contributed by atoms with Gasteiger partial charge in [0.25, 0.3) is 0 Å². The maximum atomic E-state index is 13.7. The highest BCUT2D eigenvalue weighted by Crippen LogP contribution is 2.73. The van der Waals surface area contributed by atoms with Gasteiger partial charge in [-0.1, -0.05) is 49.2 Å². The number of esters is 2. The summed E-state index contributed by atoms with van der Waals surface area (Å²) >= 11 is 11.8. The molecule has 42 heavy (non-hydrogen) atoms. The Labute approximate surface area is 254 Å². The molecule has 0 amide bonds. The Bertz CT molecular complexity index is 1260. The van der Waals surface area contributed by atoms with Gasteiger partial charge in [0.1, 0.15) is 29.8 Å². The topological polar surface area (TPSA) is 130 Å². The van der Waals surface area contributed by atoms with Crippen LogP contribution in [0.15, 0.2) is 36.4 Å². The molecule has 12 heteroatoms. The number of aliphatic hydroxyl groups is 2. The molecule has 230 valence electrons. The van der Waals surface area contributed by atoms with E-state index in [4.69, 9.17) is 51.6 Å². The highest BCUT2D eigenvalue weighted by atomic mass is 35.5. The maximum absolute atomic E-state index is 13.7. The number of carbonyl (C=O) groups is 2. The molecule has 1 aromatic carbocycles. The van der Waals surface area contributed by atoms with Gasteiger partial charge in [0, 0.05) is 17.3 Å². The Hall–Kier alpha value is -2.08. The predicted molar refractivity (Wildman–Crippen MR) is 149 cm³/mol. The van der Waals surface area contributed by atoms with Crippen molar-refractivity contribution in [1.29, 1.82) is 0 Å². The predicted octanol–water partition coefficient (Wildman–Crippen LogP) is 3.03. The quantitative estimate of drug-likeness (QED) is 0.276. The average Bonchev–Trinajstić information content (AvgIpc) is 3.28. The van der Waals surface area contributed by atoms with Crippen LogP contribution in [0.25, 0.3) is 0 Å². The Morgan fingerprint density at radius 3 is 2.43 bits per heavy atom. The Morgan fingerprint density at radius 1 is 1.10 bits per heavy atom. The molecule has 12 atom stereocenters. The van der Waals surface area contributed by atoms with Crippen LogP contribution in [0.3, 0.4) is 0 Å². The second-order valence-electron chi connectivity index (χ2n) is 12.4. The minimum Gasteiger partial charge on any atom is -0.497 e. The van der Waals surface area contributed by atoms with Gasteiger partial charge in [-0.3, -0.25) is 0 Å². The van der Waals surface area contributed by atoms with E-state index in [1.54, 1.807) is 31.4 Å². The molecule has 2 saturated carbocycles. The molecule has 2 N–H and O–H groups in total. The number of methoxy groups -OCH3 is 2. The van der Waals surface area contributed by atoms with Crippen molar-refractivity contribution in [3.63, 3.8) is 0 Å². The van der Waals surface area contributed by atoms with Gasteiger partial charge in [-0.05, 0) is 54.4 Å².